The van der Waals surface area contributed by atoms with Crippen LogP contribution in [-0.2, 0) is 42.9 Å². The van der Waals surface area contributed by atoms with Gasteiger partial charge in [0, 0.05) is 0 Å². The number of rotatable bonds is 4. The van der Waals surface area contributed by atoms with Crippen LogP contribution in [-0.4, -0.2) is 8.82 Å². The molecule has 2 heteroatoms. The minimum atomic E-state index is -2.23. The van der Waals surface area contributed by atoms with Gasteiger partial charge in [-0.2, -0.15) is 0 Å². The van der Waals surface area contributed by atoms with Gasteiger partial charge in [-0.25, -0.2) is 0 Å². The van der Waals surface area contributed by atoms with E-state index < -0.39 is 21.3 Å². The van der Waals surface area contributed by atoms with Crippen LogP contribution in [0.25, 0.3) is 34.4 Å². The molecule has 0 bridgehead atoms. The molecule has 0 radical (unpaired) electrons. The van der Waals surface area contributed by atoms with Crippen LogP contribution >= 0.6 is 0 Å². The Hall–Kier alpha value is -3.87. The first-order valence-corrected chi connectivity index (χ1v) is 25.6. The summed E-state index contributed by atoms with van der Waals surface area (Å²) in [6.45, 7) is 33.8. The Bertz CT molecular complexity index is 2260. The Labute approximate surface area is 359 Å². The van der Waals surface area contributed by atoms with E-state index in [-0.39, 0.29) is 21.7 Å². The summed E-state index contributed by atoms with van der Waals surface area (Å²) in [7, 11) is 0. The molecule has 2 aliphatic carbocycles. The maximum absolute atomic E-state index is 9.84. The predicted octanol–water partition coefficient (Wildman–Crippen LogP) is 15.7. The third-order valence-electron chi connectivity index (χ3n) is 12.4. The zero-order valence-electron chi connectivity index (χ0n) is 38.1. The Morgan fingerprint density at radius 1 is 0.483 bits per heavy atom. The summed E-state index contributed by atoms with van der Waals surface area (Å²) in [5, 5.41) is 9.84. The number of aromatic hydroxyl groups is 1. The molecule has 0 fully saturated rings. The van der Waals surface area contributed by atoms with Crippen LogP contribution in [0.3, 0.4) is 0 Å². The number of phenolic OH excluding ortho intramolecular Hbond substituents is 1. The van der Waals surface area contributed by atoms with E-state index in [0.717, 1.165) is 5.56 Å². The van der Waals surface area contributed by atoms with Crippen LogP contribution in [0.1, 0.15) is 156 Å². The molecule has 2 unspecified atom stereocenters. The zero-order valence-corrected chi connectivity index (χ0v) is 40.6. The van der Waals surface area contributed by atoms with Gasteiger partial charge in [0.25, 0.3) is 0 Å². The third kappa shape index (κ3) is 8.99. The second kappa shape index (κ2) is 16.3. The van der Waals surface area contributed by atoms with Gasteiger partial charge in [0.05, 0.1) is 0 Å². The summed E-state index contributed by atoms with van der Waals surface area (Å²) in [4.78, 5) is 0. The number of benzene rings is 5. The number of hydrogen-bond acceptors (Lipinski definition) is 1. The van der Waals surface area contributed by atoms with Crippen molar-refractivity contribution in [3.63, 3.8) is 0 Å². The van der Waals surface area contributed by atoms with Crippen LogP contribution < -0.4 is 0 Å². The van der Waals surface area contributed by atoms with Gasteiger partial charge >= 0.3 is 269 Å². The molecule has 0 spiro atoms. The van der Waals surface area contributed by atoms with Crippen molar-refractivity contribution < 1.29 is 26.4 Å². The number of phenols is 1. The van der Waals surface area contributed by atoms with Crippen molar-refractivity contribution in [2.75, 3.05) is 0 Å². The molecule has 0 aromatic heterocycles. The van der Waals surface area contributed by atoms with E-state index in [9.17, 15) is 5.11 Å². The summed E-state index contributed by atoms with van der Waals surface area (Å²) < 4.78 is 3.79. The van der Waals surface area contributed by atoms with Gasteiger partial charge in [-0.3, -0.25) is 0 Å². The van der Waals surface area contributed by atoms with Crippen molar-refractivity contribution >= 4 is 15.9 Å². The van der Waals surface area contributed by atoms with Crippen molar-refractivity contribution in [2.24, 2.45) is 0 Å². The molecule has 0 saturated carbocycles. The van der Waals surface area contributed by atoms with E-state index in [4.69, 9.17) is 0 Å². The van der Waals surface area contributed by atoms with Gasteiger partial charge in [-0.05, 0) is 28.0 Å². The van der Waals surface area contributed by atoms with Crippen molar-refractivity contribution in [2.45, 2.75) is 133 Å². The van der Waals surface area contributed by atoms with Crippen molar-refractivity contribution in [3.05, 3.63) is 159 Å². The Balaban J connectivity index is 0.000000319. The van der Waals surface area contributed by atoms with Gasteiger partial charge < -0.3 is 5.11 Å². The van der Waals surface area contributed by atoms with Gasteiger partial charge in [0.2, 0.25) is 0 Å². The molecular formula is C56H68OZr. The summed E-state index contributed by atoms with van der Waals surface area (Å²) in [5.41, 5.74) is 20.0. The fourth-order valence-corrected chi connectivity index (χ4v) is 17.4. The topological polar surface area (TPSA) is 20.2 Å². The monoisotopic (exact) mass is 846 g/mol. The Morgan fingerprint density at radius 2 is 0.862 bits per heavy atom. The Kier molecular flexibility index (Phi) is 12.3. The first-order valence-electron chi connectivity index (χ1n) is 21.3. The molecule has 7 rings (SSSR count). The maximum atomic E-state index is 9.84. The van der Waals surface area contributed by atoms with Crippen LogP contribution in [0.15, 0.2) is 114 Å². The van der Waals surface area contributed by atoms with E-state index >= 15 is 0 Å². The van der Waals surface area contributed by atoms with Gasteiger partial charge in [-0.15, -0.1) is 0 Å². The molecule has 2 atom stereocenters. The number of hydrogen-bond donors (Lipinski definition) is 1. The summed E-state index contributed by atoms with van der Waals surface area (Å²) in [5.74, 6) is 0.399. The summed E-state index contributed by atoms with van der Waals surface area (Å²) in [6.07, 6.45) is 5.03. The van der Waals surface area contributed by atoms with Gasteiger partial charge in [0.15, 0.2) is 0 Å². The molecule has 0 amide bonds. The van der Waals surface area contributed by atoms with E-state index in [1.54, 1.807) is 28.3 Å². The average molecular weight is 848 g/mol. The predicted molar refractivity (Wildman–Crippen MR) is 251 cm³/mol. The molecule has 1 nitrogen and oxygen atoms in total. The number of allylic oxidation sites excluding steroid dienone is 2. The molecule has 1 N–H and O–H groups in total. The average Bonchev–Trinajstić information content (AvgIpc) is 3.66. The summed E-state index contributed by atoms with van der Waals surface area (Å²) in [6, 6.07) is 38.6. The quantitative estimate of drug-likeness (QED) is 0.191. The molecule has 0 heterocycles. The molecule has 5 aromatic rings. The fraction of sp³-hybridized carbons (Fsp3) is 0.375. The molecule has 58 heavy (non-hydrogen) atoms. The minimum absolute atomic E-state index is 0.00859. The SMILES string of the molecule is CC(C)(C)c1ccc(O)c(C(C)(C)C)c1.C[CH]=[Zr]([CH]1C(C)=Cc2c(-c3ccc(C(C)(C)C)cc3)cccc21)[CH]1C(C)=Cc2c(-c3ccc(C(C)(C)C)cc3)cccc21. The van der Waals surface area contributed by atoms with Gasteiger partial charge in [-0.1, -0.05) is 53.7 Å². The Morgan fingerprint density at radius 3 is 1.21 bits per heavy atom. The van der Waals surface area contributed by atoms with E-state index in [0.29, 0.717) is 13.0 Å². The van der Waals surface area contributed by atoms with E-state index in [2.05, 4.69) is 211 Å². The number of fused-ring (bicyclic) bond motifs is 2. The van der Waals surface area contributed by atoms with Crippen molar-refractivity contribution in [1.29, 1.82) is 0 Å². The summed E-state index contributed by atoms with van der Waals surface area (Å²) >= 11 is -2.23. The van der Waals surface area contributed by atoms with Crippen LogP contribution in [0.2, 0.25) is 0 Å². The second-order valence-electron chi connectivity index (χ2n) is 20.9. The van der Waals surface area contributed by atoms with Crippen molar-refractivity contribution in [1.82, 2.24) is 0 Å². The standard InChI is InChI=1S/2C20H21.C14H22O.C2H4.Zr/c2*1-14-12-16-6-5-7-18(19(16)13-14)15-8-10-17(11-9-15)20(2,3)4;1-13(2,3)10-7-8-12(15)11(9-10)14(4,5)6;1-2;/h2*5-13H,1-4H3;7-9,15H,1-6H3;1H,2H3;. The first-order chi connectivity index (χ1) is 27.0. The van der Waals surface area contributed by atoms with E-state index in [1.807, 2.05) is 6.07 Å². The van der Waals surface area contributed by atoms with E-state index in [1.165, 1.54) is 50.1 Å². The molecule has 5 aromatic carbocycles. The normalized spacial score (nSPS) is 16.5. The fourth-order valence-electron chi connectivity index (χ4n) is 8.90. The molecule has 302 valence electrons. The third-order valence-corrected chi connectivity index (χ3v) is 21.0. The van der Waals surface area contributed by atoms with Gasteiger partial charge in [0.1, 0.15) is 5.75 Å². The molecular weight excluding hydrogens is 780 g/mol. The van der Waals surface area contributed by atoms with Crippen LogP contribution in [0, 0.1) is 0 Å². The zero-order chi connectivity index (χ0) is 42.5. The second-order valence-corrected chi connectivity index (χ2v) is 27.7. The molecule has 0 aliphatic heterocycles. The molecule has 2 aliphatic rings. The molecule has 0 saturated heterocycles. The van der Waals surface area contributed by atoms with Crippen LogP contribution in [0.4, 0.5) is 0 Å². The van der Waals surface area contributed by atoms with Crippen molar-refractivity contribution in [3.8, 4) is 28.0 Å². The van der Waals surface area contributed by atoms with Crippen LogP contribution in [0.5, 0.6) is 5.75 Å². The first kappa shape index (κ1) is 43.7.